The van der Waals surface area contributed by atoms with E-state index in [1.165, 1.54) is 12.5 Å². The van der Waals surface area contributed by atoms with Crippen molar-refractivity contribution < 1.29 is 14.3 Å². The molecule has 1 heterocycles. The molecule has 2 aromatic carbocycles. The number of rotatable bonds is 3. The number of nitrogens with one attached hydrogen (secondary N) is 1. The van der Waals surface area contributed by atoms with Crippen LogP contribution in [0.1, 0.15) is 15.9 Å². The van der Waals surface area contributed by atoms with Gasteiger partial charge < -0.3 is 14.8 Å². The Kier molecular flexibility index (Phi) is 3.57. The first-order chi connectivity index (χ1) is 10.6. The molecule has 6 nitrogen and oxygen atoms in total. The summed E-state index contributed by atoms with van der Waals surface area (Å²) in [6, 6.07) is 11.9. The lowest BCUT2D eigenvalue weighted by Gasteiger charge is -2.08. The van der Waals surface area contributed by atoms with E-state index >= 15 is 0 Å². The number of phenolic OH excluding ortho intramolecular Hbond substituents is 1. The maximum Gasteiger partial charge on any atom is 0.259 e. The lowest BCUT2D eigenvalue weighted by atomic mass is 10.1. The van der Waals surface area contributed by atoms with Gasteiger partial charge in [-0.1, -0.05) is 11.6 Å². The normalized spacial score (nSPS) is 10.4. The van der Waals surface area contributed by atoms with Crippen molar-refractivity contribution in [3.05, 3.63) is 60.0 Å². The highest BCUT2D eigenvalue weighted by Gasteiger charge is 2.12. The molecule has 0 saturated heterocycles. The maximum absolute atomic E-state index is 12.2. The molecule has 0 spiro atoms. The molecule has 0 bridgehead atoms. The SMILES string of the molecule is Cc1ccc(O)c(C(=O)Nc2ccc(-c3nnco3)cc2)c1. The predicted molar refractivity (Wildman–Crippen MR) is 80.5 cm³/mol. The van der Waals surface area contributed by atoms with Gasteiger partial charge in [0, 0.05) is 11.3 Å². The predicted octanol–water partition coefficient (Wildman–Crippen LogP) is 3.00. The van der Waals surface area contributed by atoms with Crippen molar-refractivity contribution in [3.8, 4) is 17.2 Å². The van der Waals surface area contributed by atoms with Gasteiger partial charge in [-0.2, -0.15) is 0 Å². The van der Waals surface area contributed by atoms with Crippen LogP contribution in [0.4, 0.5) is 5.69 Å². The van der Waals surface area contributed by atoms with E-state index in [1.54, 1.807) is 36.4 Å². The molecule has 0 aliphatic rings. The molecule has 6 heteroatoms. The number of anilines is 1. The molecular formula is C16H13N3O3. The topological polar surface area (TPSA) is 88.2 Å². The Morgan fingerprint density at radius 3 is 2.64 bits per heavy atom. The zero-order valence-corrected chi connectivity index (χ0v) is 11.8. The summed E-state index contributed by atoms with van der Waals surface area (Å²) in [6.07, 6.45) is 1.26. The van der Waals surface area contributed by atoms with Crippen LogP contribution in [0.3, 0.4) is 0 Å². The van der Waals surface area contributed by atoms with Crippen molar-refractivity contribution in [1.29, 1.82) is 0 Å². The minimum absolute atomic E-state index is 0.0504. The largest absolute Gasteiger partial charge is 0.507 e. The maximum atomic E-state index is 12.2. The van der Waals surface area contributed by atoms with Gasteiger partial charge >= 0.3 is 0 Å². The van der Waals surface area contributed by atoms with Gasteiger partial charge in [-0.15, -0.1) is 10.2 Å². The van der Waals surface area contributed by atoms with E-state index in [2.05, 4.69) is 15.5 Å². The van der Waals surface area contributed by atoms with E-state index in [9.17, 15) is 9.90 Å². The minimum Gasteiger partial charge on any atom is -0.507 e. The fourth-order valence-electron chi connectivity index (χ4n) is 2.03. The number of carbonyl (C=O) groups is 1. The molecule has 3 aromatic rings. The highest BCUT2D eigenvalue weighted by atomic mass is 16.4. The summed E-state index contributed by atoms with van der Waals surface area (Å²) in [6.45, 7) is 1.86. The van der Waals surface area contributed by atoms with E-state index in [-0.39, 0.29) is 17.2 Å². The van der Waals surface area contributed by atoms with Gasteiger partial charge in [-0.05, 0) is 43.3 Å². The summed E-state index contributed by atoms with van der Waals surface area (Å²) in [7, 11) is 0. The van der Waals surface area contributed by atoms with Gasteiger partial charge in [0.05, 0.1) is 5.56 Å². The van der Waals surface area contributed by atoms with E-state index in [0.29, 0.717) is 11.6 Å². The summed E-state index contributed by atoms with van der Waals surface area (Å²) in [5.74, 6) is -0.00785. The second-order valence-electron chi connectivity index (χ2n) is 4.80. The van der Waals surface area contributed by atoms with Crippen LogP contribution in [0, 0.1) is 6.92 Å². The summed E-state index contributed by atoms with van der Waals surface area (Å²) in [5.41, 5.74) is 2.50. The summed E-state index contributed by atoms with van der Waals surface area (Å²) in [4.78, 5) is 12.2. The van der Waals surface area contributed by atoms with Crippen LogP contribution in [0.25, 0.3) is 11.5 Å². The molecule has 0 aliphatic carbocycles. The molecule has 0 unspecified atom stereocenters. The quantitative estimate of drug-likeness (QED) is 0.775. The molecule has 1 aromatic heterocycles. The van der Waals surface area contributed by atoms with E-state index in [0.717, 1.165) is 11.1 Å². The molecule has 0 saturated carbocycles. The second-order valence-corrected chi connectivity index (χ2v) is 4.80. The van der Waals surface area contributed by atoms with Crippen molar-refractivity contribution in [3.63, 3.8) is 0 Å². The fraction of sp³-hybridized carbons (Fsp3) is 0.0625. The zero-order valence-electron chi connectivity index (χ0n) is 11.8. The molecule has 0 atom stereocenters. The number of amides is 1. The van der Waals surface area contributed by atoms with E-state index in [4.69, 9.17) is 4.42 Å². The van der Waals surface area contributed by atoms with Crippen LogP contribution in [-0.2, 0) is 0 Å². The Labute approximate surface area is 126 Å². The monoisotopic (exact) mass is 295 g/mol. The number of benzene rings is 2. The smallest absolute Gasteiger partial charge is 0.259 e. The fourth-order valence-corrected chi connectivity index (χ4v) is 2.03. The third-order valence-corrected chi connectivity index (χ3v) is 3.15. The van der Waals surface area contributed by atoms with Crippen molar-refractivity contribution >= 4 is 11.6 Å². The van der Waals surface area contributed by atoms with Gasteiger partial charge in [0.1, 0.15) is 5.75 Å². The first kappa shape index (κ1) is 13.8. The third-order valence-electron chi connectivity index (χ3n) is 3.15. The van der Waals surface area contributed by atoms with Gasteiger partial charge in [0.2, 0.25) is 12.3 Å². The van der Waals surface area contributed by atoms with Crippen molar-refractivity contribution in [1.82, 2.24) is 10.2 Å². The highest BCUT2D eigenvalue weighted by Crippen LogP contribution is 2.22. The van der Waals surface area contributed by atoms with Crippen LogP contribution in [0.5, 0.6) is 5.75 Å². The van der Waals surface area contributed by atoms with Gasteiger partial charge in [0.15, 0.2) is 0 Å². The molecule has 0 aliphatic heterocycles. The van der Waals surface area contributed by atoms with E-state index < -0.39 is 0 Å². The van der Waals surface area contributed by atoms with E-state index in [1.807, 2.05) is 6.92 Å². The van der Waals surface area contributed by atoms with Gasteiger partial charge in [-0.25, -0.2) is 0 Å². The lowest BCUT2D eigenvalue weighted by Crippen LogP contribution is -2.12. The Morgan fingerprint density at radius 1 is 1.18 bits per heavy atom. The Bertz CT molecular complexity index is 796. The van der Waals surface area contributed by atoms with Crippen molar-refractivity contribution in [2.75, 3.05) is 5.32 Å². The minimum atomic E-state index is -0.369. The number of hydrogen-bond donors (Lipinski definition) is 2. The molecule has 1 amide bonds. The molecule has 0 fully saturated rings. The van der Waals surface area contributed by atoms with Crippen LogP contribution >= 0.6 is 0 Å². The number of carbonyl (C=O) groups excluding carboxylic acids is 1. The number of aryl methyl sites for hydroxylation is 1. The first-order valence-corrected chi connectivity index (χ1v) is 6.61. The van der Waals surface area contributed by atoms with Gasteiger partial charge in [0.25, 0.3) is 5.91 Å². The third kappa shape index (κ3) is 2.80. The number of nitrogens with zero attached hydrogens (tertiary/aromatic N) is 2. The molecule has 2 N–H and O–H groups in total. The van der Waals surface area contributed by atoms with Crippen LogP contribution in [0.15, 0.2) is 53.3 Å². The highest BCUT2D eigenvalue weighted by molar-refractivity contribution is 6.06. The average Bonchev–Trinajstić information content (AvgIpc) is 3.05. The lowest BCUT2D eigenvalue weighted by molar-refractivity contribution is 0.102. The molecule has 3 rings (SSSR count). The average molecular weight is 295 g/mol. The molecule has 110 valence electrons. The Balaban J connectivity index is 1.78. The zero-order chi connectivity index (χ0) is 15.5. The summed E-state index contributed by atoms with van der Waals surface area (Å²) in [5, 5.41) is 19.9. The molecular weight excluding hydrogens is 282 g/mol. The molecule has 0 radical (unpaired) electrons. The number of aromatic nitrogens is 2. The Hall–Kier alpha value is -3.15. The van der Waals surface area contributed by atoms with Crippen LogP contribution in [-0.4, -0.2) is 21.2 Å². The summed E-state index contributed by atoms with van der Waals surface area (Å²) < 4.78 is 5.10. The Morgan fingerprint density at radius 2 is 1.95 bits per heavy atom. The van der Waals surface area contributed by atoms with Crippen LogP contribution in [0.2, 0.25) is 0 Å². The summed E-state index contributed by atoms with van der Waals surface area (Å²) >= 11 is 0. The number of hydrogen-bond acceptors (Lipinski definition) is 5. The van der Waals surface area contributed by atoms with Crippen molar-refractivity contribution in [2.24, 2.45) is 0 Å². The standard InChI is InChI=1S/C16H13N3O3/c1-10-2-7-14(20)13(8-10)15(21)18-12-5-3-11(4-6-12)16-19-17-9-22-16/h2-9,20H,1H3,(H,18,21). The number of aromatic hydroxyl groups is 1. The van der Waals surface area contributed by atoms with Crippen molar-refractivity contribution in [2.45, 2.75) is 6.92 Å². The number of phenols is 1. The second kappa shape index (κ2) is 5.69. The first-order valence-electron chi connectivity index (χ1n) is 6.61. The van der Waals surface area contributed by atoms with Gasteiger partial charge in [-0.3, -0.25) is 4.79 Å². The molecule has 22 heavy (non-hydrogen) atoms. The van der Waals surface area contributed by atoms with Crippen LogP contribution < -0.4 is 5.32 Å².